The number of rotatable bonds is 8. The molecule has 4 nitrogen and oxygen atoms in total. The fraction of sp³-hybridized carbons (Fsp3) is 0.400. The summed E-state index contributed by atoms with van der Waals surface area (Å²) in [4.78, 5) is 4.13. The largest absolute Gasteiger partial charge is 0.494 e. The fourth-order valence-electron chi connectivity index (χ4n) is 1.92. The molecule has 1 atom stereocenters. The molecule has 2 rings (SSSR count). The molecular formula is C15H20N2O2S. The van der Waals surface area contributed by atoms with Gasteiger partial charge in [-0.1, -0.05) is 30.8 Å². The summed E-state index contributed by atoms with van der Waals surface area (Å²) >= 11 is 1.61. The van der Waals surface area contributed by atoms with Crippen LogP contribution in [0.25, 0.3) is 0 Å². The Morgan fingerprint density at radius 3 is 2.70 bits per heavy atom. The maximum absolute atomic E-state index is 5.47. The van der Waals surface area contributed by atoms with Crippen LogP contribution in [-0.2, 0) is 0 Å². The lowest BCUT2D eigenvalue weighted by molar-refractivity contribution is 0.340. The van der Waals surface area contributed by atoms with Crippen molar-refractivity contribution in [2.24, 2.45) is 0 Å². The highest BCUT2D eigenvalue weighted by atomic mass is 32.2. The van der Waals surface area contributed by atoms with Crippen molar-refractivity contribution < 1.29 is 9.15 Å². The van der Waals surface area contributed by atoms with Crippen molar-refractivity contribution in [3.8, 4) is 5.75 Å². The summed E-state index contributed by atoms with van der Waals surface area (Å²) in [6, 6.07) is 8.51. The van der Waals surface area contributed by atoms with Crippen LogP contribution in [-0.4, -0.2) is 23.9 Å². The zero-order chi connectivity index (χ0) is 14.2. The third-order valence-corrected chi connectivity index (χ3v) is 3.78. The number of benzene rings is 1. The van der Waals surface area contributed by atoms with E-state index in [-0.39, 0.29) is 6.04 Å². The van der Waals surface area contributed by atoms with Crippen LogP contribution in [0.2, 0.25) is 0 Å². The van der Waals surface area contributed by atoms with Crippen molar-refractivity contribution in [1.29, 1.82) is 0 Å². The summed E-state index contributed by atoms with van der Waals surface area (Å²) in [7, 11) is 0. The summed E-state index contributed by atoms with van der Waals surface area (Å²) in [5, 5.41) is 4.19. The van der Waals surface area contributed by atoms with Gasteiger partial charge in [-0.15, -0.1) is 0 Å². The number of hydrogen-bond acceptors (Lipinski definition) is 5. The molecule has 1 aromatic carbocycles. The highest BCUT2D eigenvalue weighted by Gasteiger charge is 2.12. The van der Waals surface area contributed by atoms with Crippen LogP contribution in [0.4, 0.5) is 0 Å². The van der Waals surface area contributed by atoms with E-state index >= 15 is 0 Å². The second-order valence-corrected chi connectivity index (χ2v) is 5.19. The zero-order valence-corrected chi connectivity index (χ0v) is 12.7. The zero-order valence-electron chi connectivity index (χ0n) is 11.8. The number of hydrogen-bond donors (Lipinski definition) is 1. The van der Waals surface area contributed by atoms with Crippen molar-refractivity contribution in [2.45, 2.75) is 25.1 Å². The molecule has 0 spiro atoms. The SMILES string of the molecule is CCNC(CSc1ncco1)c1ccc(OCC)cc1. The molecule has 1 N–H and O–H groups in total. The Labute approximate surface area is 123 Å². The van der Waals surface area contributed by atoms with Gasteiger partial charge in [0, 0.05) is 11.8 Å². The quantitative estimate of drug-likeness (QED) is 0.754. The van der Waals surface area contributed by atoms with Crippen LogP contribution in [0.15, 0.2) is 46.4 Å². The summed E-state index contributed by atoms with van der Waals surface area (Å²) in [5.74, 6) is 1.79. The lowest BCUT2D eigenvalue weighted by atomic mass is 10.1. The third kappa shape index (κ3) is 4.28. The monoisotopic (exact) mass is 292 g/mol. The molecule has 2 aromatic rings. The molecule has 1 unspecified atom stereocenters. The number of nitrogens with zero attached hydrogens (tertiary/aromatic N) is 1. The number of ether oxygens (including phenoxy) is 1. The Hall–Kier alpha value is -1.46. The van der Waals surface area contributed by atoms with Gasteiger partial charge in [-0.2, -0.15) is 0 Å². The second-order valence-electron chi connectivity index (χ2n) is 4.22. The molecule has 0 aliphatic carbocycles. The summed E-state index contributed by atoms with van der Waals surface area (Å²) in [6.45, 7) is 5.71. The van der Waals surface area contributed by atoms with Gasteiger partial charge in [-0.25, -0.2) is 4.98 Å². The van der Waals surface area contributed by atoms with E-state index in [4.69, 9.17) is 9.15 Å². The topological polar surface area (TPSA) is 47.3 Å². The minimum Gasteiger partial charge on any atom is -0.494 e. The Balaban J connectivity index is 1.99. The standard InChI is InChI=1S/C15H20N2O2S/c1-3-16-14(11-20-15-17-9-10-19-15)12-5-7-13(8-6-12)18-4-2/h5-10,14,16H,3-4,11H2,1-2H3. The molecule has 0 saturated carbocycles. The van der Waals surface area contributed by atoms with Gasteiger partial charge in [0.05, 0.1) is 12.8 Å². The van der Waals surface area contributed by atoms with E-state index in [0.29, 0.717) is 11.8 Å². The van der Waals surface area contributed by atoms with E-state index in [9.17, 15) is 0 Å². The highest BCUT2D eigenvalue weighted by Crippen LogP contribution is 2.25. The summed E-state index contributed by atoms with van der Waals surface area (Å²) in [5.41, 5.74) is 1.24. The second kappa shape index (κ2) is 7.97. The molecule has 0 aliphatic rings. The average molecular weight is 292 g/mol. The van der Waals surface area contributed by atoms with E-state index in [1.54, 1.807) is 24.2 Å². The molecule has 0 fully saturated rings. The number of nitrogens with one attached hydrogen (secondary N) is 1. The van der Waals surface area contributed by atoms with Gasteiger partial charge < -0.3 is 14.5 Å². The van der Waals surface area contributed by atoms with E-state index in [1.165, 1.54) is 5.56 Å². The maximum atomic E-state index is 5.47. The van der Waals surface area contributed by atoms with Gasteiger partial charge in [0.1, 0.15) is 12.0 Å². The van der Waals surface area contributed by atoms with Crippen LogP contribution in [0.3, 0.4) is 0 Å². The Morgan fingerprint density at radius 1 is 1.30 bits per heavy atom. The molecule has 108 valence electrons. The first-order valence-corrected chi connectivity index (χ1v) is 7.80. The van der Waals surface area contributed by atoms with Gasteiger partial charge in [0.15, 0.2) is 0 Å². The van der Waals surface area contributed by atoms with Crippen molar-refractivity contribution in [3.05, 3.63) is 42.3 Å². The van der Waals surface area contributed by atoms with Crippen LogP contribution in [0.5, 0.6) is 5.75 Å². The van der Waals surface area contributed by atoms with Crippen molar-refractivity contribution in [1.82, 2.24) is 10.3 Å². The van der Waals surface area contributed by atoms with E-state index in [0.717, 1.165) is 18.0 Å². The molecule has 0 aliphatic heterocycles. The van der Waals surface area contributed by atoms with Crippen molar-refractivity contribution in [3.63, 3.8) is 0 Å². The van der Waals surface area contributed by atoms with Crippen molar-refractivity contribution in [2.75, 3.05) is 18.9 Å². The molecule has 1 aromatic heterocycles. The summed E-state index contributed by atoms with van der Waals surface area (Å²) in [6.07, 6.45) is 3.27. The van der Waals surface area contributed by atoms with Crippen LogP contribution >= 0.6 is 11.8 Å². The van der Waals surface area contributed by atoms with Crippen LogP contribution in [0.1, 0.15) is 25.5 Å². The molecule has 0 saturated heterocycles. The normalized spacial score (nSPS) is 12.3. The third-order valence-electron chi connectivity index (χ3n) is 2.83. The fourth-order valence-corrected chi connectivity index (χ4v) is 2.80. The molecule has 20 heavy (non-hydrogen) atoms. The Kier molecular flexibility index (Phi) is 5.95. The maximum Gasteiger partial charge on any atom is 0.255 e. The first-order valence-electron chi connectivity index (χ1n) is 6.82. The highest BCUT2D eigenvalue weighted by molar-refractivity contribution is 7.99. The van der Waals surface area contributed by atoms with E-state index < -0.39 is 0 Å². The Bertz CT molecular complexity index is 485. The minimum atomic E-state index is 0.271. The first kappa shape index (κ1) is 14.9. The van der Waals surface area contributed by atoms with Gasteiger partial charge in [-0.3, -0.25) is 0 Å². The molecule has 5 heteroatoms. The van der Waals surface area contributed by atoms with Crippen LogP contribution in [0, 0.1) is 0 Å². The first-order chi connectivity index (χ1) is 9.83. The molecule has 0 amide bonds. The van der Waals surface area contributed by atoms with Gasteiger partial charge in [0.2, 0.25) is 0 Å². The predicted molar refractivity (Wildman–Crippen MR) is 81.3 cm³/mol. The Morgan fingerprint density at radius 2 is 2.10 bits per heavy atom. The molecular weight excluding hydrogens is 272 g/mol. The van der Waals surface area contributed by atoms with Gasteiger partial charge in [-0.05, 0) is 31.2 Å². The molecule has 0 radical (unpaired) electrons. The van der Waals surface area contributed by atoms with Crippen LogP contribution < -0.4 is 10.1 Å². The lowest BCUT2D eigenvalue weighted by Crippen LogP contribution is -2.22. The lowest BCUT2D eigenvalue weighted by Gasteiger charge is -2.17. The smallest absolute Gasteiger partial charge is 0.255 e. The minimum absolute atomic E-state index is 0.271. The van der Waals surface area contributed by atoms with E-state index in [1.807, 2.05) is 19.1 Å². The number of aromatic nitrogens is 1. The summed E-state index contributed by atoms with van der Waals surface area (Å²) < 4.78 is 10.7. The van der Waals surface area contributed by atoms with Gasteiger partial charge in [0.25, 0.3) is 5.22 Å². The van der Waals surface area contributed by atoms with Crippen molar-refractivity contribution >= 4 is 11.8 Å². The number of oxazole rings is 1. The predicted octanol–water partition coefficient (Wildman–Crippen LogP) is 3.52. The van der Waals surface area contributed by atoms with Gasteiger partial charge >= 0.3 is 0 Å². The van der Waals surface area contributed by atoms with E-state index in [2.05, 4.69) is 29.4 Å². The molecule has 0 bridgehead atoms. The molecule has 1 heterocycles. The number of thioether (sulfide) groups is 1. The average Bonchev–Trinajstić information content (AvgIpc) is 2.98.